The number of thiazole rings is 1. The van der Waals surface area contributed by atoms with Gasteiger partial charge in [0.1, 0.15) is 4.83 Å². The van der Waals surface area contributed by atoms with E-state index in [1.807, 2.05) is 0 Å². The van der Waals surface area contributed by atoms with Gasteiger partial charge in [0.2, 0.25) is 10.0 Å². The van der Waals surface area contributed by atoms with Crippen molar-refractivity contribution < 1.29 is 8.42 Å². The van der Waals surface area contributed by atoms with Gasteiger partial charge >= 0.3 is 0 Å². The first kappa shape index (κ1) is 8.67. The maximum Gasteiger partial charge on any atom is 0.214 e. The Balaban J connectivity index is 2.41. The second-order valence-electron chi connectivity index (χ2n) is 2.64. The fourth-order valence-electron chi connectivity index (χ4n) is 1.05. The van der Waals surface area contributed by atoms with Gasteiger partial charge in [0.05, 0.1) is 18.3 Å². The lowest BCUT2D eigenvalue weighted by Crippen LogP contribution is -2.13. The lowest BCUT2D eigenvalue weighted by molar-refractivity contribution is 0.597. The molecule has 2 N–H and O–H groups in total. The number of primary sulfonamides is 1. The Morgan fingerprint density at radius 1 is 1.62 bits per heavy atom. The molecule has 5 nitrogen and oxygen atoms in total. The van der Waals surface area contributed by atoms with E-state index >= 15 is 0 Å². The highest BCUT2D eigenvalue weighted by Crippen LogP contribution is 2.18. The maximum atomic E-state index is 10.8. The molecule has 70 valence electrons. The number of imidazole rings is 1. The summed E-state index contributed by atoms with van der Waals surface area (Å²) in [5, 5.41) is 4.91. The van der Waals surface area contributed by atoms with Crippen LogP contribution < -0.4 is 5.14 Å². The molecule has 0 aromatic carbocycles. The van der Waals surface area contributed by atoms with Gasteiger partial charge in [-0.05, 0) is 0 Å². The van der Waals surface area contributed by atoms with Crippen LogP contribution >= 0.6 is 11.3 Å². The molecule has 0 aliphatic carbocycles. The Hall–Kier alpha value is -0.920. The van der Waals surface area contributed by atoms with Crippen molar-refractivity contribution in [1.29, 1.82) is 0 Å². The van der Waals surface area contributed by atoms with Gasteiger partial charge in [-0.2, -0.15) is 0 Å². The first-order valence-corrected chi connectivity index (χ1v) is 5.99. The van der Waals surface area contributed by atoms with Crippen LogP contribution in [0.5, 0.6) is 0 Å². The van der Waals surface area contributed by atoms with Gasteiger partial charge in [-0.1, -0.05) is 0 Å². The fourth-order valence-corrected chi connectivity index (χ4v) is 3.00. The maximum absolute atomic E-state index is 10.8. The van der Waals surface area contributed by atoms with Crippen molar-refractivity contribution in [3.05, 3.63) is 23.6 Å². The van der Waals surface area contributed by atoms with Crippen LogP contribution in [0.15, 0.2) is 18.7 Å². The molecule has 2 rings (SSSR count). The number of aromatic nitrogens is 2. The van der Waals surface area contributed by atoms with Crippen LogP contribution in [0, 0.1) is 0 Å². The van der Waals surface area contributed by atoms with Crippen LogP contribution in [0.3, 0.4) is 0 Å². The van der Waals surface area contributed by atoms with Crippen molar-refractivity contribution >= 4 is 26.2 Å². The normalized spacial score (nSPS) is 12.4. The van der Waals surface area contributed by atoms with E-state index in [4.69, 9.17) is 5.14 Å². The SMILES string of the molecule is NS(=O)(=O)Cc1cn2cncc2s1. The third kappa shape index (κ3) is 1.87. The summed E-state index contributed by atoms with van der Waals surface area (Å²) in [6, 6.07) is 0. The van der Waals surface area contributed by atoms with E-state index in [-0.39, 0.29) is 5.75 Å². The van der Waals surface area contributed by atoms with Crippen LogP contribution in [0.4, 0.5) is 0 Å². The van der Waals surface area contributed by atoms with Crippen molar-refractivity contribution in [2.45, 2.75) is 5.75 Å². The number of rotatable bonds is 2. The number of nitrogens with two attached hydrogens (primary N) is 1. The van der Waals surface area contributed by atoms with Gasteiger partial charge < -0.3 is 0 Å². The minimum Gasteiger partial charge on any atom is -0.297 e. The summed E-state index contributed by atoms with van der Waals surface area (Å²) < 4.78 is 23.3. The quantitative estimate of drug-likeness (QED) is 0.779. The smallest absolute Gasteiger partial charge is 0.214 e. The average Bonchev–Trinajstić information content (AvgIpc) is 2.40. The molecule has 13 heavy (non-hydrogen) atoms. The molecule has 7 heteroatoms. The van der Waals surface area contributed by atoms with Gasteiger partial charge in [0, 0.05) is 11.1 Å². The molecule has 0 amide bonds. The predicted molar refractivity (Wildman–Crippen MR) is 49.9 cm³/mol. The topological polar surface area (TPSA) is 77.5 Å². The van der Waals surface area contributed by atoms with Crippen LogP contribution in [-0.2, 0) is 15.8 Å². The van der Waals surface area contributed by atoms with E-state index in [0.29, 0.717) is 0 Å². The Morgan fingerprint density at radius 3 is 3.00 bits per heavy atom. The van der Waals surface area contributed by atoms with Crippen LogP contribution in [0.1, 0.15) is 4.88 Å². The molecule has 0 radical (unpaired) electrons. The molecular weight excluding hydrogens is 210 g/mol. The van der Waals surface area contributed by atoms with Crippen LogP contribution in [0.25, 0.3) is 4.83 Å². The summed E-state index contributed by atoms with van der Waals surface area (Å²) in [5.74, 6) is -0.112. The van der Waals surface area contributed by atoms with Gasteiger partial charge in [-0.25, -0.2) is 18.5 Å². The molecule has 0 unspecified atom stereocenters. The third-order valence-electron chi connectivity index (χ3n) is 1.49. The van der Waals surface area contributed by atoms with Gasteiger partial charge in [0.25, 0.3) is 0 Å². The minimum absolute atomic E-state index is 0.112. The zero-order valence-corrected chi connectivity index (χ0v) is 8.18. The van der Waals surface area contributed by atoms with E-state index in [0.717, 1.165) is 9.71 Å². The van der Waals surface area contributed by atoms with Gasteiger partial charge in [0.15, 0.2) is 0 Å². The van der Waals surface area contributed by atoms with Crippen molar-refractivity contribution in [3.8, 4) is 0 Å². The number of nitrogens with zero attached hydrogens (tertiary/aromatic N) is 2. The standard InChI is InChI=1S/C6H7N3O2S2/c7-13(10,11)3-5-2-9-4-8-1-6(9)12-5/h1-2,4H,3H2,(H2,7,10,11). The summed E-state index contributed by atoms with van der Waals surface area (Å²) in [4.78, 5) is 5.53. The summed E-state index contributed by atoms with van der Waals surface area (Å²) >= 11 is 1.37. The zero-order chi connectivity index (χ0) is 9.47. The molecule has 2 heterocycles. The second kappa shape index (κ2) is 2.79. The molecule has 2 aromatic heterocycles. The highest BCUT2D eigenvalue weighted by Gasteiger charge is 2.08. The third-order valence-corrected chi connectivity index (χ3v) is 3.43. The van der Waals surface area contributed by atoms with E-state index in [2.05, 4.69) is 4.98 Å². The van der Waals surface area contributed by atoms with Crippen molar-refractivity contribution in [3.63, 3.8) is 0 Å². The lowest BCUT2D eigenvalue weighted by Gasteiger charge is -1.90. The van der Waals surface area contributed by atoms with E-state index in [1.165, 1.54) is 11.3 Å². The Morgan fingerprint density at radius 2 is 2.38 bits per heavy atom. The molecular formula is C6H7N3O2S2. The first-order chi connectivity index (χ1) is 6.04. The number of sulfonamides is 1. The Labute approximate surface area is 78.9 Å². The number of hydrogen-bond acceptors (Lipinski definition) is 4. The van der Waals surface area contributed by atoms with Crippen LogP contribution in [0.2, 0.25) is 0 Å². The molecule has 0 spiro atoms. The molecule has 0 saturated carbocycles. The lowest BCUT2D eigenvalue weighted by atomic mass is 10.6. The molecule has 2 aromatic rings. The summed E-state index contributed by atoms with van der Waals surface area (Å²) in [6.45, 7) is 0. The zero-order valence-electron chi connectivity index (χ0n) is 6.54. The minimum atomic E-state index is -3.43. The van der Waals surface area contributed by atoms with Crippen molar-refractivity contribution in [1.82, 2.24) is 9.38 Å². The van der Waals surface area contributed by atoms with E-state index in [9.17, 15) is 8.42 Å². The summed E-state index contributed by atoms with van der Waals surface area (Å²) in [5.41, 5.74) is 0. The molecule has 0 saturated heterocycles. The monoisotopic (exact) mass is 217 g/mol. The highest BCUT2D eigenvalue weighted by atomic mass is 32.2. The summed E-state index contributed by atoms with van der Waals surface area (Å²) in [6.07, 6.45) is 5.02. The number of fused-ring (bicyclic) bond motifs is 1. The van der Waals surface area contributed by atoms with Gasteiger partial charge in [-0.3, -0.25) is 4.40 Å². The average molecular weight is 217 g/mol. The van der Waals surface area contributed by atoms with E-state index < -0.39 is 10.0 Å². The second-order valence-corrected chi connectivity index (χ2v) is 5.40. The summed E-state index contributed by atoms with van der Waals surface area (Å²) in [7, 11) is -3.43. The predicted octanol–water partition coefficient (Wildman–Crippen LogP) is 0.184. The molecule has 0 aliphatic rings. The molecule has 0 aliphatic heterocycles. The van der Waals surface area contributed by atoms with Gasteiger partial charge in [-0.15, -0.1) is 11.3 Å². The molecule has 0 atom stereocenters. The van der Waals surface area contributed by atoms with Crippen molar-refractivity contribution in [2.24, 2.45) is 5.14 Å². The highest BCUT2D eigenvalue weighted by molar-refractivity contribution is 7.88. The van der Waals surface area contributed by atoms with Crippen LogP contribution in [-0.4, -0.2) is 17.8 Å². The number of hydrogen-bond donors (Lipinski definition) is 1. The largest absolute Gasteiger partial charge is 0.297 e. The molecule has 0 bridgehead atoms. The molecule has 0 fully saturated rings. The van der Waals surface area contributed by atoms with E-state index in [1.54, 1.807) is 23.1 Å². The fraction of sp³-hybridized carbons (Fsp3) is 0.167. The van der Waals surface area contributed by atoms with Crippen molar-refractivity contribution in [2.75, 3.05) is 0 Å². The Bertz CT molecular complexity index is 496. The first-order valence-electron chi connectivity index (χ1n) is 3.45. The Kier molecular flexibility index (Phi) is 1.86.